The van der Waals surface area contributed by atoms with E-state index < -0.39 is 6.10 Å². The van der Waals surface area contributed by atoms with Crippen LogP contribution in [0.2, 0.25) is 0 Å². The van der Waals surface area contributed by atoms with Crippen molar-refractivity contribution in [2.24, 2.45) is 0 Å². The minimum absolute atomic E-state index is 0.199. The van der Waals surface area contributed by atoms with E-state index in [0.29, 0.717) is 5.69 Å². The van der Waals surface area contributed by atoms with Gasteiger partial charge in [0.1, 0.15) is 5.69 Å². The quantitative estimate of drug-likeness (QED) is 0.756. The van der Waals surface area contributed by atoms with Gasteiger partial charge in [0.15, 0.2) is 0 Å². The molecule has 0 fully saturated rings. The van der Waals surface area contributed by atoms with Crippen LogP contribution in [0, 0.1) is 0 Å². The van der Waals surface area contributed by atoms with Gasteiger partial charge in [0, 0.05) is 27.2 Å². The topological polar surface area (TPSA) is 74.7 Å². The third kappa shape index (κ3) is 4.84. The van der Waals surface area contributed by atoms with Gasteiger partial charge in [0.25, 0.3) is 5.91 Å². The molecule has 0 aliphatic carbocycles. The molecule has 6 heteroatoms. The standard InChI is InChI=1S/C13H21N3O3/c1-4-14-10-5-6-12(15-7-10)13(18)16(2)8-11(17)9-19-3/h5-7,11,14,17H,4,8-9H2,1-3H3. The maximum atomic E-state index is 12.0. The molecule has 0 saturated carbocycles. The number of aliphatic hydroxyl groups is 1. The molecule has 19 heavy (non-hydrogen) atoms. The summed E-state index contributed by atoms with van der Waals surface area (Å²) in [5.41, 5.74) is 1.23. The van der Waals surface area contributed by atoms with Crippen molar-refractivity contribution in [3.63, 3.8) is 0 Å². The lowest BCUT2D eigenvalue weighted by Gasteiger charge is -2.20. The molecule has 0 aromatic carbocycles. The minimum Gasteiger partial charge on any atom is -0.389 e. The van der Waals surface area contributed by atoms with E-state index >= 15 is 0 Å². The average Bonchev–Trinajstić information content (AvgIpc) is 2.39. The molecule has 0 aliphatic rings. The summed E-state index contributed by atoms with van der Waals surface area (Å²) in [4.78, 5) is 17.6. The van der Waals surface area contributed by atoms with Crippen LogP contribution in [0.1, 0.15) is 17.4 Å². The van der Waals surface area contributed by atoms with Crippen molar-refractivity contribution >= 4 is 11.6 Å². The number of carbonyl (C=O) groups is 1. The first-order valence-corrected chi connectivity index (χ1v) is 6.20. The highest BCUT2D eigenvalue weighted by atomic mass is 16.5. The Morgan fingerprint density at radius 1 is 1.58 bits per heavy atom. The Bertz CT molecular complexity index is 395. The fourth-order valence-corrected chi connectivity index (χ4v) is 1.67. The summed E-state index contributed by atoms with van der Waals surface area (Å²) in [7, 11) is 3.13. The molecule has 2 N–H and O–H groups in total. The highest BCUT2D eigenvalue weighted by Crippen LogP contribution is 2.07. The Hall–Kier alpha value is -1.66. The van der Waals surface area contributed by atoms with Crippen LogP contribution in [0.4, 0.5) is 5.69 Å². The predicted molar refractivity (Wildman–Crippen MR) is 73.2 cm³/mol. The zero-order valence-corrected chi connectivity index (χ0v) is 11.6. The second-order valence-corrected chi connectivity index (χ2v) is 4.26. The molecule has 1 amide bonds. The maximum absolute atomic E-state index is 12.0. The van der Waals surface area contributed by atoms with E-state index in [-0.39, 0.29) is 19.1 Å². The van der Waals surface area contributed by atoms with E-state index in [1.807, 2.05) is 13.0 Å². The second kappa shape index (κ2) is 7.70. The summed E-state index contributed by atoms with van der Waals surface area (Å²) in [6.07, 6.45) is 0.927. The minimum atomic E-state index is -0.694. The molecule has 1 heterocycles. The molecule has 6 nitrogen and oxygen atoms in total. The van der Waals surface area contributed by atoms with Crippen LogP contribution in [0.15, 0.2) is 18.3 Å². The van der Waals surface area contributed by atoms with Crippen LogP contribution in [0.3, 0.4) is 0 Å². The van der Waals surface area contributed by atoms with Gasteiger partial charge < -0.3 is 20.1 Å². The first-order chi connectivity index (χ1) is 9.08. The molecule has 106 valence electrons. The first kappa shape index (κ1) is 15.4. The van der Waals surface area contributed by atoms with E-state index in [2.05, 4.69) is 10.3 Å². The molecule has 1 unspecified atom stereocenters. The largest absolute Gasteiger partial charge is 0.389 e. The summed E-state index contributed by atoms with van der Waals surface area (Å²) < 4.78 is 4.82. The van der Waals surface area contributed by atoms with Crippen LogP contribution in [0.5, 0.6) is 0 Å². The van der Waals surface area contributed by atoms with Crippen molar-refractivity contribution in [3.05, 3.63) is 24.0 Å². The number of hydrogen-bond acceptors (Lipinski definition) is 5. The number of likely N-dealkylation sites (N-methyl/N-ethyl adjacent to an activating group) is 1. The maximum Gasteiger partial charge on any atom is 0.272 e. The van der Waals surface area contributed by atoms with Gasteiger partial charge in [-0.15, -0.1) is 0 Å². The number of nitrogens with zero attached hydrogens (tertiary/aromatic N) is 2. The lowest BCUT2D eigenvalue weighted by Crippen LogP contribution is -2.36. The molecule has 0 spiro atoms. The molecule has 1 rings (SSSR count). The molecule has 0 radical (unpaired) electrons. The number of amides is 1. The van der Waals surface area contributed by atoms with E-state index in [0.717, 1.165) is 12.2 Å². The van der Waals surface area contributed by atoms with Gasteiger partial charge in [0.05, 0.1) is 24.6 Å². The summed E-state index contributed by atoms with van der Waals surface area (Å²) in [6, 6.07) is 3.47. The zero-order chi connectivity index (χ0) is 14.3. The number of rotatable bonds is 7. The summed E-state index contributed by atoms with van der Waals surface area (Å²) >= 11 is 0. The van der Waals surface area contributed by atoms with Gasteiger partial charge in [-0.1, -0.05) is 0 Å². The van der Waals surface area contributed by atoms with Gasteiger partial charge in [0.2, 0.25) is 0 Å². The van der Waals surface area contributed by atoms with Crippen LogP contribution in [0.25, 0.3) is 0 Å². The normalized spacial score (nSPS) is 12.0. The van der Waals surface area contributed by atoms with Crippen molar-refractivity contribution < 1.29 is 14.6 Å². The van der Waals surface area contributed by atoms with E-state index in [1.165, 1.54) is 12.0 Å². The Morgan fingerprint density at radius 3 is 2.84 bits per heavy atom. The van der Waals surface area contributed by atoms with E-state index in [9.17, 15) is 9.90 Å². The number of aromatic nitrogens is 1. The molecule has 0 bridgehead atoms. The van der Waals surface area contributed by atoms with Crippen LogP contribution in [-0.4, -0.2) is 60.9 Å². The Kier molecular flexibility index (Phi) is 6.24. The molecule has 1 atom stereocenters. The second-order valence-electron chi connectivity index (χ2n) is 4.26. The average molecular weight is 267 g/mol. The highest BCUT2D eigenvalue weighted by molar-refractivity contribution is 5.92. The molecule has 1 aromatic rings. The zero-order valence-electron chi connectivity index (χ0n) is 11.6. The number of methoxy groups -OCH3 is 1. The van der Waals surface area contributed by atoms with Crippen molar-refractivity contribution in [1.29, 1.82) is 0 Å². The Morgan fingerprint density at radius 2 is 2.32 bits per heavy atom. The van der Waals surface area contributed by atoms with E-state index in [4.69, 9.17) is 4.74 Å². The lowest BCUT2D eigenvalue weighted by molar-refractivity contribution is 0.0378. The van der Waals surface area contributed by atoms with Crippen molar-refractivity contribution in [2.75, 3.05) is 39.2 Å². The number of pyridine rings is 1. The number of anilines is 1. The number of aliphatic hydroxyl groups excluding tert-OH is 1. The highest BCUT2D eigenvalue weighted by Gasteiger charge is 2.16. The summed E-state index contributed by atoms with van der Waals surface area (Å²) in [5.74, 6) is -0.224. The SMILES string of the molecule is CCNc1ccc(C(=O)N(C)CC(O)COC)nc1. The van der Waals surface area contributed by atoms with Gasteiger partial charge >= 0.3 is 0 Å². The number of hydrogen-bond donors (Lipinski definition) is 2. The van der Waals surface area contributed by atoms with Gasteiger partial charge in [-0.05, 0) is 19.1 Å². The number of ether oxygens (including phenoxy) is 1. The number of nitrogens with one attached hydrogen (secondary N) is 1. The number of carbonyl (C=O) groups excluding carboxylic acids is 1. The van der Waals surface area contributed by atoms with Gasteiger partial charge in [-0.2, -0.15) is 0 Å². The van der Waals surface area contributed by atoms with E-state index in [1.54, 1.807) is 19.3 Å². The lowest BCUT2D eigenvalue weighted by atomic mass is 10.2. The Balaban J connectivity index is 2.60. The summed E-state index contributed by atoms with van der Waals surface area (Å²) in [5, 5.41) is 12.7. The van der Waals surface area contributed by atoms with Gasteiger partial charge in [-0.25, -0.2) is 4.98 Å². The first-order valence-electron chi connectivity index (χ1n) is 6.20. The summed E-state index contributed by atoms with van der Waals surface area (Å²) in [6.45, 7) is 3.20. The van der Waals surface area contributed by atoms with Crippen molar-refractivity contribution in [3.8, 4) is 0 Å². The third-order valence-corrected chi connectivity index (χ3v) is 2.55. The van der Waals surface area contributed by atoms with Crippen LogP contribution >= 0.6 is 0 Å². The van der Waals surface area contributed by atoms with Crippen molar-refractivity contribution in [1.82, 2.24) is 9.88 Å². The van der Waals surface area contributed by atoms with Crippen LogP contribution < -0.4 is 5.32 Å². The smallest absolute Gasteiger partial charge is 0.272 e. The molecular weight excluding hydrogens is 246 g/mol. The molecule has 0 aliphatic heterocycles. The van der Waals surface area contributed by atoms with Crippen LogP contribution in [-0.2, 0) is 4.74 Å². The third-order valence-electron chi connectivity index (χ3n) is 2.55. The molecule has 1 aromatic heterocycles. The molecular formula is C13H21N3O3. The fourth-order valence-electron chi connectivity index (χ4n) is 1.67. The monoisotopic (exact) mass is 267 g/mol. The predicted octanol–water partition coefficient (Wildman–Crippen LogP) is 0.593. The Labute approximate surface area is 113 Å². The molecule has 0 saturated heterocycles. The van der Waals surface area contributed by atoms with Gasteiger partial charge in [-0.3, -0.25) is 4.79 Å². The fraction of sp³-hybridized carbons (Fsp3) is 0.538. The van der Waals surface area contributed by atoms with Crippen molar-refractivity contribution in [2.45, 2.75) is 13.0 Å².